The lowest BCUT2D eigenvalue weighted by atomic mass is 10.1. The number of unbranched alkanes of at least 4 members (excludes halogenated alkanes) is 1. The molecule has 0 radical (unpaired) electrons. The van der Waals surface area contributed by atoms with Crippen molar-refractivity contribution >= 4 is 39.2 Å². The van der Waals surface area contributed by atoms with Gasteiger partial charge in [-0.05, 0) is 68.7 Å². The van der Waals surface area contributed by atoms with Gasteiger partial charge < -0.3 is 9.08 Å². The van der Waals surface area contributed by atoms with Gasteiger partial charge in [0.15, 0.2) is 5.69 Å². The van der Waals surface area contributed by atoms with Crippen LogP contribution in [0.3, 0.4) is 0 Å². The van der Waals surface area contributed by atoms with Crippen molar-refractivity contribution in [3.8, 4) is 22.7 Å². The van der Waals surface area contributed by atoms with Gasteiger partial charge in [0, 0.05) is 29.2 Å². The second-order valence-corrected chi connectivity index (χ2v) is 11.9. The van der Waals surface area contributed by atoms with Crippen LogP contribution in [0, 0.1) is 6.92 Å². The normalized spacial score (nSPS) is 14.2. The molecule has 10 heteroatoms. The minimum absolute atomic E-state index is 0.0355. The number of carbonyl (C=O) groups excluding carboxylic acids is 1. The van der Waals surface area contributed by atoms with Gasteiger partial charge in [-0.2, -0.15) is 13.5 Å². The second-order valence-electron chi connectivity index (χ2n) is 9.41. The van der Waals surface area contributed by atoms with Crippen LogP contribution in [0.4, 0.5) is 0 Å². The van der Waals surface area contributed by atoms with Crippen LogP contribution >= 0.6 is 23.2 Å². The zero-order chi connectivity index (χ0) is 26.7. The van der Waals surface area contributed by atoms with Crippen molar-refractivity contribution in [2.24, 2.45) is 0 Å². The Labute approximate surface area is 228 Å². The van der Waals surface area contributed by atoms with Gasteiger partial charge in [-0.3, -0.25) is 4.79 Å². The third-order valence-corrected chi connectivity index (χ3v) is 8.53. The molecule has 0 N–H and O–H groups in total. The summed E-state index contributed by atoms with van der Waals surface area (Å²) in [5, 5.41) is 5.60. The van der Waals surface area contributed by atoms with Gasteiger partial charge >= 0.3 is 10.1 Å². The molecule has 7 nitrogen and oxygen atoms in total. The lowest BCUT2D eigenvalue weighted by Gasteiger charge is -2.23. The lowest BCUT2D eigenvalue weighted by Crippen LogP contribution is -2.35. The summed E-state index contributed by atoms with van der Waals surface area (Å²) in [6.07, 6.45) is 5.50. The Morgan fingerprint density at radius 3 is 2.43 bits per heavy atom. The predicted octanol–water partition coefficient (Wildman–Crippen LogP) is 6.68. The molecule has 1 aromatic heterocycles. The van der Waals surface area contributed by atoms with Crippen molar-refractivity contribution < 1.29 is 17.4 Å². The van der Waals surface area contributed by atoms with Crippen molar-refractivity contribution in [3.05, 3.63) is 63.8 Å². The highest BCUT2D eigenvalue weighted by atomic mass is 35.5. The monoisotopic (exact) mass is 563 g/mol. The standard InChI is InChI=1S/C27H31Cl2N3O4S/c1-4-5-16-37(34,35)36-22-13-10-19(11-14-22)26-18(2)25(27(33)31(3)21-8-6-7-9-21)30-32(26)24-15-12-20(28)17-23(24)29/h10-15,17,21H,4-9,16H2,1-3H3. The van der Waals surface area contributed by atoms with Crippen molar-refractivity contribution in [2.75, 3.05) is 12.8 Å². The quantitative estimate of drug-likeness (QED) is 0.271. The maximum Gasteiger partial charge on any atom is 0.309 e. The summed E-state index contributed by atoms with van der Waals surface area (Å²) >= 11 is 12.7. The summed E-state index contributed by atoms with van der Waals surface area (Å²) < 4.78 is 31.3. The molecule has 1 amide bonds. The summed E-state index contributed by atoms with van der Waals surface area (Å²) in [7, 11) is -1.84. The van der Waals surface area contributed by atoms with E-state index in [0.29, 0.717) is 39.1 Å². The Morgan fingerprint density at radius 2 is 1.81 bits per heavy atom. The Hall–Kier alpha value is -2.55. The minimum Gasteiger partial charge on any atom is -0.382 e. The molecule has 4 rings (SSSR count). The molecule has 0 unspecified atom stereocenters. The number of hydrogen-bond acceptors (Lipinski definition) is 5. The predicted molar refractivity (Wildman–Crippen MR) is 147 cm³/mol. The number of amides is 1. The fraction of sp³-hybridized carbons (Fsp3) is 0.407. The van der Waals surface area contributed by atoms with Crippen LogP contribution in [0.1, 0.15) is 61.5 Å². The van der Waals surface area contributed by atoms with E-state index in [9.17, 15) is 13.2 Å². The number of nitrogens with zero attached hydrogens (tertiary/aromatic N) is 3. The summed E-state index contributed by atoms with van der Waals surface area (Å²) in [4.78, 5) is 15.3. The number of hydrogen-bond donors (Lipinski definition) is 0. The molecule has 1 aliphatic carbocycles. The van der Waals surface area contributed by atoms with Gasteiger partial charge in [-0.1, -0.05) is 49.4 Å². The number of halogens is 2. The highest BCUT2D eigenvalue weighted by Gasteiger charge is 2.29. The molecule has 1 aliphatic rings. The number of rotatable bonds is 9. The Balaban J connectivity index is 1.75. The van der Waals surface area contributed by atoms with E-state index in [-0.39, 0.29) is 23.5 Å². The number of carbonyl (C=O) groups is 1. The third kappa shape index (κ3) is 6.13. The van der Waals surface area contributed by atoms with Gasteiger partial charge in [0.1, 0.15) is 5.75 Å². The van der Waals surface area contributed by atoms with Crippen molar-refractivity contribution in [1.82, 2.24) is 14.7 Å². The molecule has 0 aliphatic heterocycles. The average Bonchev–Trinajstić information content (AvgIpc) is 3.51. The smallest absolute Gasteiger partial charge is 0.309 e. The number of aromatic nitrogens is 2. The van der Waals surface area contributed by atoms with Crippen molar-refractivity contribution in [2.45, 2.75) is 58.4 Å². The van der Waals surface area contributed by atoms with Crippen LogP contribution in [0.15, 0.2) is 42.5 Å². The summed E-state index contributed by atoms with van der Waals surface area (Å²) in [6.45, 7) is 3.78. The topological polar surface area (TPSA) is 81.5 Å². The fourth-order valence-electron chi connectivity index (χ4n) is 4.67. The van der Waals surface area contributed by atoms with Crippen LogP contribution in [0.2, 0.25) is 10.0 Å². The maximum absolute atomic E-state index is 13.5. The molecule has 1 fully saturated rings. The van der Waals surface area contributed by atoms with E-state index in [1.807, 2.05) is 20.9 Å². The van der Waals surface area contributed by atoms with E-state index in [4.69, 9.17) is 32.5 Å². The molecule has 3 aromatic rings. The molecule has 0 saturated heterocycles. The second kappa shape index (κ2) is 11.5. The van der Waals surface area contributed by atoms with Gasteiger partial charge in [-0.25, -0.2) is 4.68 Å². The molecule has 0 bridgehead atoms. The van der Waals surface area contributed by atoms with Gasteiger partial charge in [-0.15, -0.1) is 0 Å². The first-order valence-electron chi connectivity index (χ1n) is 12.5. The largest absolute Gasteiger partial charge is 0.382 e. The summed E-state index contributed by atoms with van der Waals surface area (Å²) in [6, 6.07) is 12.0. The minimum atomic E-state index is -3.67. The molecule has 198 valence electrons. The maximum atomic E-state index is 13.5. The highest BCUT2D eigenvalue weighted by molar-refractivity contribution is 7.87. The first-order valence-corrected chi connectivity index (χ1v) is 14.8. The first-order chi connectivity index (χ1) is 17.6. The van der Waals surface area contributed by atoms with E-state index < -0.39 is 10.1 Å². The Morgan fingerprint density at radius 1 is 1.14 bits per heavy atom. The molecule has 2 aromatic carbocycles. The van der Waals surface area contributed by atoms with Crippen molar-refractivity contribution in [3.63, 3.8) is 0 Å². The summed E-state index contributed by atoms with van der Waals surface area (Å²) in [5.41, 5.74) is 3.03. The van der Waals surface area contributed by atoms with E-state index >= 15 is 0 Å². The molecule has 1 saturated carbocycles. The molecular formula is C27H31Cl2N3O4S. The molecule has 0 atom stereocenters. The molecule has 37 heavy (non-hydrogen) atoms. The average molecular weight is 565 g/mol. The Kier molecular flexibility index (Phi) is 8.51. The van der Waals surface area contributed by atoms with E-state index in [0.717, 1.165) is 37.7 Å². The lowest BCUT2D eigenvalue weighted by molar-refractivity contribution is 0.0728. The number of benzene rings is 2. The highest BCUT2D eigenvalue weighted by Crippen LogP contribution is 2.34. The van der Waals surface area contributed by atoms with Crippen LogP contribution in [0.25, 0.3) is 16.9 Å². The van der Waals surface area contributed by atoms with E-state index in [1.165, 1.54) is 0 Å². The van der Waals surface area contributed by atoms with Crippen LogP contribution < -0.4 is 4.18 Å². The van der Waals surface area contributed by atoms with Gasteiger partial charge in [0.05, 0.1) is 22.2 Å². The van der Waals surface area contributed by atoms with Gasteiger partial charge in [0.2, 0.25) is 0 Å². The Bertz CT molecular complexity index is 1380. The van der Waals surface area contributed by atoms with Crippen molar-refractivity contribution in [1.29, 1.82) is 0 Å². The molecule has 1 heterocycles. The zero-order valence-corrected chi connectivity index (χ0v) is 23.5. The van der Waals surface area contributed by atoms with E-state index in [2.05, 4.69) is 0 Å². The summed E-state index contributed by atoms with van der Waals surface area (Å²) in [5.74, 6) is 0.0495. The molecular weight excluding hydrogens is 533 g/mol. The first kappa shape index (κ1) is 27.5. The zero-order valence-electron chi connectivity index (χ0n) is 21.2. The fourth-order valence-corrected chi connectivity index (χ4v) is 6.29. The van der Waals surface area contributed by atoms with Crippen LogP contribution in [0.5, 0.6) is 5.75 Å². The van der Waals surface area contributed by atoms with Gasteiger partial charge in [0.25, 0.3) is 5.91 Å². The van der Waals surface area contributed by atoms with Crippen LogP contribution in [-0.2, 0) is 10.1 Å². The van der Waals surface area contributed by atoms with E-state index in [1.54, 1.807) is 52.0 Å². The SMILES string of the molecule is CCCCS(=O)(=O)Oc1ccc(-c2c(C)c(C(=O)N(C)C3CCCC3)nn2-c2ccc(Cl)cc2Cl)cc1. The van der Waals surface area contributed by atoms with Crippen LogP contribution in [-0.4, -0.2) is 47.8 Å². The third-order valence-electron chi connectivity index (χ3n) is 6.75. The molecule has 0 spiro atoms.